The highest BCUT2D eigenvalue weighted by Crippen LogP contribution is 2.25. The third-order valence-electron chi connectivity index (χ3n) is 4.88. The summed E-state index contributed by atoms with van der Waals surface area (Å²) in [6.45, 7) is 5.05. The standard InChI is InChI=1S/C20H20ClN5O/c1-15-2-5-17(21)12-19(15)24-8-10-25(11-9-24)20(27)16-3-6-18(7-4-16)26-14-22-13-23-26/h2-7,12-14H,8-11H2,1H3. The first kappa shape index (κ1) is 17.5. The van der Waals surface area contributed by atoms with E-state index < -0.39 is 0 Å². The summed E-state index contributed by atoms with van der Waals surface area (Å²) in [4.78, 5) is 20.9. The zero-order valence-corrected chi connectivity index (χ0v) is 15.8. The van der Waals surface area contributed by atoms with Crippen molar-refractivity contribution in [1.29, 1.82) is 0 Å². The van der Waals surface area contributed by atoms with Gasteiger partial charge in [-0.15, -0.1) is 0 Å². The first-order valence-electron chi connectivity index (χ1n) is 8.87. The number of benzene rings is 2. The molecule has 1 aromatic heterocycles. The van der Waals surface area contributed by atoms with Crippen molar-refractivity contribution < 1.29 is 4.79 Å². The molecule has 1 amide bonds. The average molecular weight is 382 g/mol. The highest BCUT2D eigenvalue weighted by atomic mass is 35.5. The van der Waals surface area contributed by atoms with Gasteiger partial charge in [0.2, 0.25) is 0 Å². The molecule has 138 valence electrons. The molecule has 1 aliphatic heterocycles. The van der Waals surface area contributed by atoms with E-state index in [1.165, 1.54) is 11.9 Å². The lowest BCUT2D eigenvalue weighted by molar-refractivity contribution is 0.0747. The van der Waals surface area contributed by atoms with Crippen LogP contribution in [-0.2, 0) is 0 Å². The van der Waals surface area contributed by atoms with Crippen molar-refractivity contribution in [3.8, 4) is 5.69 Å². The Kier molecular flexibility index (Phi) is 4.81. The zero-order chi connectivity index (χ0) is 18.8. The number of amides is 1. The predicted molar refractivity (Wildman–Crippen MR) is 106 cm³/mol. The number of aryl methyl sites for hydroxylation is 1. The molecule has 0 N–H and O–H groups in total. The number of halogens is 1. The summed E-state index contributed by atoms with van der Waals surface area (Å²) in [5.41, 5.74) is 3.91. The summed E-state index contributed by atoms with van der Waals surface area (Å²) in [5.74, 6) is 0.0580. The number of rotatable bonds is 3. The summed E-state index contributed by atoms with van der Waals surface area (Å²) in [6, 6.07) is 13.4. The van der Waals surface area contributed by atoms with Gasteiger partial charge in [-0.05, 0) is 48.9 Å². The predicted octanol–water partition coefficient (Wildman–Crippen LogP) is 3.19. The third-order valence-corrected chi connectivity index (χ3v) is 5.11. The fraction of sp³-hybridized carbons (Fsp3) is 0.250. The summed E-state index contributed by atoms with van der Waals surface area (Å²) in [7, 11) is 0. The van der Waals surface area contributed by atoms with E-state index in [1.54, 1.807) is 11.0 Å². The Morgan fingerprint density at radius 2 is 1.78 bits per heavy atom. The SMILES string of the molecule is Cc1ccc(Cl)cc1N1CCN(C(=O)c2ccc(-n3cncn3)cc2)CC1. The van der Waals surface area contributed by atoms with Crippen LogP contribution in [0.3, 0.4) is 0 Å². The van der Waals surface area contributed by atoms with Crippen LogP contribution in [0.4, 0.5) is 5.69 Å². The lowest BCUT2D eigenvalue weighted by Gasteiger charge is -2.37. The van der Waals surface area contributed by atoms with Gasteiger partial charge >= 0.3 is 0 Å². The molecule has 1 saturated heterocycles. The molecule has 0 unspecified atom stereocenters. The van der Waals surface area contributed by atoms with Crippen molar-refractivity contribution in [3.63, 3.8) is 0 Å². The molecule has 0 aliphatic carbocycles. The first-order valence-corrected chi connectivity index (χ1v) is 9.25. The van der Waals surface area contributed by atoms with Gasteiger partial charge in [0.1, 0.15) is 12.7 Å². The van der Waals surface area contributed by atoms with Gasteiger partial charge in [0.25, 0.3) is 5.91 Å². The van der Waals surface area contributed by atoms with Gasteiger partial charge in [-0.3, -0.25) is 4.79 Å². The molecule has 1 aliphatic rings. The fourth-order valence-corrected chi connectivity index (χ4v) is 3.52. The van der Waals surface area contributed by atoms with Gasteiger partial charge in [0.05, 0.1) is 5.69 Å². The van der Waals surface area contributed by atoms with E-state index in [0.29, 0.717) is 18.7 Å². The Morgan fingerprint density at radius 3 is 2.44 bits per heavy atom. The van der Waals surface area contributed by atoms with E-state index in [4.69, 9.17) is 11.6 Å². The largest absolute Gasteiger partial charge is 0.368 e. The Labute approximate surface area is 163 Å². The van der Waals surface area contributed by atoms with Crippen LogP contribution in [0.1, 0.15) is 15.9 Å². The Bertz CT molecular complexity index is 932. The van der Waals surface area contributed by atoms with E-state index in [9.17, 15) is 4.79 Å². The lowest BCUT2D eigenvalue weighted by atomic mass is 10.1. The molecule has 2 heterocycles. The minimum absolute atomic E-state index is 0.0580. The van der Waals surface area contributed by atoms with Gasteiger partial charge in [-0.2, -0.15) is 5.10 Å². The lowest BCUT2D eigenvalue weighted by Crippen LogP contribution is -2.49. The van der Waals surface area contributed by atoms with E-state index in [0.717, 1.165) is 29.5 Å². The van der Waals surface area contributed by atoms with Crippen LogP contribution in [-0.4, -0.2) is 51.8 Å². The van der Waals surface area contributed by atoms with E-state index in [2.05, 4.69) is 21.9 Å². The summed E-state index contributed by atoms with van der Waals surface area (Å²) >= 11 is 6.14. The summed E-state index contributed by atoms with van der Waals surface area (Å²) in [6.07, 6.45) is 3.12. The zero-order valence-electron chi connectivity index (χ0n) is 15.0. The van der Waals surface area contributed by atoms with Crippen LogP contribution < -0.4 is 4.90 Å². The maximum absolute atomic E-state index is 12.8. The molecule has 3 aromatic rings. The minimum atomic E-state index is 0.0580. The van der Waals surface area contributed by atoms with E-state index in [1.807, 2.05) is 47.4 Å². The highest BCUT2D eigenvalue weighted by molar-refractivity contribution is 6.30. The second-order valence-corrected chi connectivity index (χ2v) is 7.03. The maximum atomic E-state index is 12.8. The average Bonchev–Trinajstić information content (AvgIpc) is 3.24. The van der Waals surface area contributed by atoms with E-state index in [-0.39, 0.29) is 5.91 Å². The number of piperazine rings is 1. The molecule has 0 atom stereocenters. The van der Waals surface area contributed by atoms with Crippen molar-refractivity contribution in [2.45, 2.75) is 6.92 Å². The molecule has 2 aromatic carbocycles. The van der Waals surface area contributed by atoms with Crippen LogP contribution in [0.25, 0.3) is 5.69 Å². The van der Waals surface area contributed by atoms with Crippen LogP contribution >= 0.6 is 11.6 Å². The molecule has 4 rings (SSSR count). The number of carbonyl (C=O) groups excluding carboxylic acids is 1. The van der Waals surface area contributed by atoms with Crippen LogP contribution in [0, 0.1) is 6.92 Å². The van der Waals surface area contributed by atoms with Gasteiger partial charge in [-0.1, -0.05) is 17.7 Å². The smallest absolute Gasteiger partial charge is 0.253 e. The molecular formula is C20H20ClN5O. The van der Waals surface area contributed by atoms with Crippen LogP contribution in [0.15, 0.2) is 55.1 Å². The van der Waals surface area contributed by atoms with Crippen LogP contribution in [0.2, 0.25) is 5.02 Å². The van der Waals surface area contributed by atoms with Gasteiger partial charge < -0.3 is 9.80 Å². The van der Waals surface area contributed by atoms with Crippen molar-refractivity contribution in [1.82, 2.24) is 19.7 Å². The molecule has 0 radical (unpaired) electrons. The molecule has 0 bridgehead atoms. The third kappa shape index (κ3) is 3.66. The number of hydrogen-bond donors (Lipinski definition) is 0. The number of hydrogen-bond acceptors (Lipinski definition) is 4. The molecule has 27 heavy (non-hydrogen) atoms. The monoisotopic (exact) mass is 381 g/mol. The number of anilines is 1. The molecule has 6 nitrogen and oxygen atoms in total. The summed E-state index contributed by atoms with van der Waals surface area (Å²) < 4.78 is 1.67. The van der Waals surface area contributed by atoms with Crippen molar-refractivity contribution in [2.75, 3.05) is 31.1 Å². The van der Waals surface area contributed by atoms with Crippen molar-refractivity contribution in [3.05, 3.63) is 71.3 Å². The maximum Gasteiger partial charge on any atom is 0.253 e. The molecule has 0 spiro atoms. The Balaban J connectivity index is 1.42. The fourth-order valence-electron chi connectivity index (χ4n) is 3.35. The Hall–Kier alpha value is -2.86. The molecule has 1 fully saturated rings. The normalized spacial score (nSPS) is 14.4. The highest BCUT2D eigenvalue weighted by Gasteiger charge is 2.23. The van der Waals surface area contributed by atoms with E-state index >= 15 is 0 Å². The number of carbonyl (C=O) groups is 1. The quantitative estimate of drug-likeness (QED) is 0.699. The van der Waals surface area contributed by atoms with Crippen molar-refractivity contribution >= 4 is 23.2 Å². The summed E-state index contributed by atoms with van der Waals surface area (Å²) in [5, 5.41) is 4.83. The van der Waals surface area contributed by atoms with Crippen LogP contribution in [0.5, 0.6) is 0 Å². The Morgan fingerprint density at radius 1 is 1.04 bits per heavy atom. The van der Waals surface area contributed by atoms with Gasteiger partial charge in [-0.25, -0.2) is 9.67 Å². The molecular weight excluding hydrogens is 362 g/mol. The second-order valence-electron chi connectivity index (χ2n) is 6.60. The second kappa shape index (κ2) is 7.40. The first-order chi connectivity index (χ1) is 13.1. The molecule has 7 heteroatoms. The van der Waals surface area contributed by atoms with Gasteiger partial charge in [0.15, 0.2) is 0 Å². The number of nitrogens with zero attached hydrogens (tertiary/aromatic N) is 5. The topological polar surface area (TPSA) is 54.3 Å². The minimum Gasteiger partial charge on any atom is -0.368 e. The van der Waals surface area contributed by atoms with Crippen molar-refractivity contribution in [2.24, 2.45) is 0 Å². The number of aromatic nitrogens is 3. The molecule has 0 saturated carbocycles. The van der Waals surface area contributed by atoms with Gasteiger partial charge in [0, 0.05) is 42.5 Å².